The highest BCUT2D eigenvalue weighted by atomic mass is 35.5. The van der Waals surface area contributed by atoms with E-state index in [-0.39, 0.29) is 16.3 Å². The summed E-state index contributed by atoms with van der Waals surface area (Å²) in [6.07, 6.45) is 0. The number of carboxylic acid groups (broad SMARTS) is 1. The molecule has 0 amide bonds. The lowest BCUT2D eigenvalue weighted by Gasteiger charge is -2.02. The fourth-order valence-corrected chi connectivity index (χ4v) is 1.62. The van der Waals surface area contributed by atoms with Gasteiger partial charge in [-0.1, -0.05) is 23.7 Å². The van der Waals surface area contributed by atoms with Gasteiger partial charge in [0, 0.05) is 0 Å². The van der Waals surface area contributed by atoms with Crippen LogP contribution in [0.3, 0.4) is 0 Å². The summed E-state index contributed by atoms with van der Waals surface area (Å²) in [6.45, 7) is 0. The molecule has 0 fully saturated rings. The lowest BCUT2D eigenvalue weighted by molar-refractivity contribution is -0.268. The van der Waals surface area contributed by atoms with Gasteiger partial charge in [-0.05, 0) is 30.3 Å². The molecule has 0 radical (unpaired) electrons. The van der Waals surface area contributed by atoms with Crippen molar-refractivity contribution in [2.45, 2.75) is 0 Å². The third-order valence-corrected chi connectivity index (χ3v) is 2.61. The molecule has 0 heterocycles. The van der Waals surface area contributed by atoms with E-state index in [1.165, 1.54) is 30.3 Å². The summed E-state index contributed by atoms with van der Waals surface area (Å²) in [5.74, 6) is -1.20. The average Bonchev–Trinajstić information content (AvgIpc) is 2.37. The van der Waals surface area contributed by atoms with Gasteiger partial charge in [-0.3, -0.25) is 0 Å². The van der Waals surface area contributed by atoms with E-state index in [0.29, 0.717) is 11.4 Å². The molecule has 19 heavy (non-hydrogen) atoms. The Morgan fingerprint density at radius 1 is 1.05 bits per heavy atom. The molecule has 0 atom stereocenters. The second kappa shape index (κ2) is 5.49. The molecule has 0 aliphatic rings. The van der Waals surface area contributed by atoms with Crippen molar-refractivity contribution >= 4 is 28.9 Å². The van der Waals surface area contributed by atoms with E-state index >= 15 is 0 Å². The molecular formula is C13H8ClN2O3-. The Labute approximate surface area is 113 Å². The van der Waals surface area contributed by atoms with Gasteiger partial charge in [-0.25, -0.2) is 4.79 Å². The number of hydrogen-bond acceptors (Lipinski definition) is 4. The van der Waals surface area contributed by atoms with E-state index < -0.39 is 5.97 Å². The minimum absolute atomic E-state index is 0.0105. The van der Waals surface area contributed by atoms with Gasteiger partial charge in [0.25, 0.3) is 0 Å². The SMILES string of the molecule is O=C(O)c1ccc(N=Nc2ccc([O-])cc2)cc1Cl. The lowest BCUT2D eigenvalue weighted by atomic mass is 10.2. The largest absolute Gasteiger partial charge is 0.872 e. The van der Waals surface area contributed by atoms with Gasteiger partial charge in [0.15, 0.2) is 0 Å². The number of carbonyl (C=O) groups is 1. The van der Waals surface area contributed by atoms with Gasteiger partial charge < -0.3 is 10.2 Å². The number of hydrogen-bond donors (Lipinski definition) is 1. The standard InChI is InChI=1S/C13H9ClN2O3/c14-12-7-9(3-6-11(12)13(18)19)16-15-8-1-4-10(17)5-2-8/h1-7,17H,(H,18,19)/p-1. The first-order valence-corrected chi connectivity index (χ1v) is 5.66. The summed E-state index contributed by atoms with van der Waals surface area (Å²) >= 11 is 5.80. The van der Waals surface area contributed by atoms with Gasteiger partial charge in [-0.15, -0.1) is 5.75 Å². The van der Waals surface area contributed by atoms with Crippen LogP contribution in [-0.4, -0.2) is 11.1 Å². The summed E-state index contributed by atoms with van der Waals surface area (Å²) in [5, 5.41) is 27.6. The quantitative estimate of drug-likeness (QED) is 0.870. The van der Waals surface area contributed by atoms with Crippen molar-refractivity contribution < 1.29 is 15.0 Å². The van der Waals surface area contributed by atoms with Gasteiger partial charge in [-0.2, -0.15) is 10.2 Å². The molecule has 0 saturated carbocycles. The van der Waals surface area contributed by atoms with Crippen molar-refractivity contribution in [2.75, 3.05) is 0 Å². The van der Waals surface area contributed by atoms with Crippen LogP contribution in [0.2, 0.25) is 5.02 Å². The van der Waals surface area contributed by atoms with Crippen LogP contribution in [0.15, 0.2) is 52.7 Å². The van der Waals surface area contributed by atoms with E-state index in [4.69, 9.17) is 16.7 Å². The Morgan fingerprint density at radius 2 is 1.63 bits per heavy atom. The number of halogens is 1. The molecule has 0 saturated heterocycles. The van der Waals surface area contributed by atoms with Crippen LogP contribution in [0.5, 0.6) is 5.75 Å². The van der Waals surface area contributed by atoms with Gasteiger partial charge in [0.2, 0.25) is 0 Å². The Bertz CT molecular complexity index is 639. The first-order valence-electron chi connectivity index (χ1n) is 5.28. The first kappa shape index (κ1) is 13.0. The van der Waals surface area contributed by atoms with Crippen molar-refractivity contribution in [3.63, 3.8) is 0 Å². The van der Waals surface area contributed by atoms with Crippen LogP contribution in [0.25, 0.3) is 0 Å². The molecule has 2 aromatic rings. The summed E-state index contributed by atoms with van der Waals surface area (Å²) in [6, 6.07) is 10.1. The number of rotatable bonds is 3. The molecule has 2 aromatic carbocycles. The van der Waals surface area contributed by atoms with Crippen LogP contribution in [0, 0.1) is 0 Å². The summed E-state index contributed by atoms with van der Waals surface area (Å²) in [4.78, 5) is 10.8. The van der Waals surface area contributed by atoms with Crippen LogP contribution < -0.4 is 5.11 Å². The van der Waals surface area contributed by atoms with E-state index in [0.717, 1.165) is 0 Å². The van der Waals surface area contributed by atoms with E-state index in [1.54, 1.807) is 12.1 Å². The molecule has 0 aliphatic carbocycles. The molecule has 0 unspecified atom stereocenters. The third kappa shape index (κ3) is 3.29. The third-order valence-electron chi connectivity index (χ3n) is 2.30. The van der Waals surface area contributed by atoms with Gasteiger partial charge in [0.05, 0.1) is 22.0 Å². The van der Waals surface area contributed by atoms with Gasteiger partial charge >= 0.3 is 5.97 Å². The molecule has 0 aromatic heterocycles. The minimum atomic E-state index is -1.10. The van der Waals surface area contributed by atoms with Crippen molar-refractivity contribution in [1.29, 1.82) is 0 Å². The smallest absolute Gasteiger partial charge is 0.337 e. The zero-order valence-corrected chi connectivity index (χ0v) is 10.3. The molecule has 0 bridgehead atoms. The molecular weight excluding hydrogens is 268 g/mol. The number of azo groups is 1. The molecule has 0 aliphatic heterocycles. The maximum Gasteiger partial charge on any atom is 0.337 e. The van der Waals surface area contributed by atoms with Crippen LogP contribution in [0.4, 0.5) is 11.4 Å². The Morgan fingerprint density at radius 3 is 2.21 bits per heavy atom. The molecule has 6 heteroatoms. The number of aromatic carboxylic acids is 1. The Hall–Kier alpha value is -2.40. The Kier molecular flexibility index (Phi) is 3.77. The van der Waals surface area contributed by atoms with Crippen molar-refractivity contribution in [1.82, 2.24) is 0 Å². The predicted molar refractivity (Wildman–Crippen MR) is 68.5 cm³/mol. The zero-order chi connectivity index (χ0) is 13.8. The highest BCUT2D eigenvalue weighted by molar-refractivity contribution is 6.33. The number of benzene rings is 2. The van der Waals surface area contributed by atoms with Crippen LogP contribution in [-0.2, 0) is 0 Å². The van der Waals surface area contributed by atoms with Gasteiger partial charge in [0.1, 0.15) is 0 Å². The van der Waals surface area contributed by atoms with E-state index in [2.05, 4.69) is 10.2 Å². The van der Waals surface area contributed by atoms with Crippen LogP contribution >= 0.6 is 11.6 Å². The molecule has 0 spiro atoms. The monoisotopic (exact) mass is 275 g/mol. The fourth-order valence-electron chi connectivity index (χ4n) is 1.37. The number of carboxylic acids is 1. The zero-order valence-electron chi connectivity index (χ0n) is 9.58. The molecule has 96 valence electrons. The fraction of sp³-hybridized carbons (Fsp3) is 0. The highest BCUT2D eigenvalue weighted by Crippen LogP contribution is 2.25. The van der Waals surface area contributed by atoms with Crippen molar-refractivity contribution in [2.24, 2.45) is 10.2 Å². The maximum atomic E-state index is 10.9. The first-order chi connectivity index (χ1) is 9.06. The predicted octanol–water partition coefficient (Wildman–Crippen LogP) is 3.53. The second-order valence-corrected chi connectivity index (χ2v) is 4.07. The average molecular weight is 276 g/mol. The summed E-state index contributed by atoms with van der Waals surface area (Å²) in [5.41, 5.74) is 0.968. The Balaban J connectivity index is 2.22. The van der Waals surface area contributed by atoms with E-state index in [9.17, 15) is 9.90 Å². The van der Waals surface area contributed by atoms with Crippen LogP contribution in [0.1, 0.15) is 10.4 Å². The number of nitrogens with zero attached hydrogens (tertiary/aromatic N) is 2. The van der Waals surface area contributed by atoms with E-state index in [1.807, 2.05) is 0 Å². The molecule has 5 nitrogen and oxygen atoms in total. The maximum absolute atomic E-state index is 10.9. The van der Waals surface area contributed by atoms with Crippen molar-refractivity contribution in [3.05, 3.63) is 53.1 Å². The minimum Gasteiger partial charge on any atom is -0.872 e. The lowest BCUT2D eigenvalue weighted by Crippen LogP contribution is -1.96. The topological polar surface area (TPSA) is 85.1 Å². The van der Waals surface area contributed by atoms with Crippen molar-refractivity contribution in [3.8, 4) is 5.75 Å². The highest BCUT2D eigenvalue weighted by Gasteiger charge is 2.08. The molecule has 1 N–H and O–H groups in total. The molecule has 2 rings (SSSR count). The second-order valence-electron chi connectivity index (χ2n) is 3.66. The summed E-state index contributed by atoms with van der Waals surface area (Å²) in [7, 11) is 0. The summed E-state index contributed by atoms with van der Waals surface area (Å²) < 4.78 is 0. The normalized spacial score (nSPS) is 10.8.